The lowest BCUT2D eigenvalue weighted by atomic mass is 10.2. The van der Waals surface area contributed by atoms with Crippen molar-refractivity contribution in [2.24, 2.45) is 4.99 Å². The molecule has 1 amide bonds. The van der Waals surface area contributed by atoms with Crippen LogP contribution in [0, 0.1) is 5.82 Å². The fourth-order valence-electron chi connectivity index (χ4n) is 2.85. The lowest BCUT2D eigenvalue weighted by Crippen LogP contribution is -2.35. The van der Waals surface area contributed by atoms with Gasteiger partial charge >= 0.3 is 0 Å². The molecule has 1 heterocycles. The van der Waals surface area contributed by atoms with Gasteiger partial charge in [0.05, 0.1) is 4.91 Å². The normalized spacial score (nSPS) is 17.2. The summed E-state index contributed by atoms with van der Waals surface area (Å²) < 4.78 is 18.8. The summed E-state index contributed by atoms with van der Waals surface area (Å²) in [6.07, 6.45) is 1.87. The first-order valence-electron chi connectivity index (χ1n) is 9.61. The van der Waals surface area contributed by atoms with Crippen molar-refractivity contribution in [2.75, 3.05) is 0 Å². The van der Waals surface area contributed by atoms with Crippen LogP contribution in [-0.2, 0) is 11.4 Å². The number of benzene rings is 2. The lowest BCUT2D eigenvalue weighted by molar-refractivity contribution is -0.123. The van der Waals surface area contributed by atoms with Crippen LogP contribution in [0.3, 0.4) is 0 Å². The molecule has 0 saturated carbocycles. The number of thioether (sulfide) groups is 1. The molecule has 1 fully saturated rings. The van der Waals surface area contributed by atoms with Gasteiger partial charge in [-0.2, -0.15) is 0 Å². The molecule has 0 spiro atoms. The van der Waals surface area contributed by atoms with Crippen molar-refractivity contribution in [1.29, 1.82) is 0 Å². The summed E-state index contributed by atoms with van der Waals surface area (Å²) >= 11 is 1.41. The number of carbonyl (C=O) groups is 1. The van der Waals surface area contributed by atoms with Gasteiger partial charge in [0.2, 0.25) is 0 Å². The van der Waals surface area contributed by atoms with E-state index in [0.29, 0.717) is 17.3 Å². The minimum absolute atomic E-state index is 0.0259. The molecule has 0 N–H and O–H groups in total. The highest BCUT2D eigenvalue weighted by Gasteiger charge is 2.35. The maximum Gasteiger partial charge on any atom is 0.266 e. The summed E-state index contributed by atoms with van der Waals surface area (Å²) in [5.41, 5.74) is 1.77. The van der Waals surface area contributed by atoms with Crippen LogP contribution in [0.4, 0.5) is 4.39 Å². The Labute approximate surface area is 175 Å². The molecule has 0 radical (unpaired) electrons. The standard InChI is InChI=1S/C23H25FN2O2S/c1-15(2)25-23-26(16(3)4)22(27)21(29-23)13-18-6-5-7-20(12-18)28-14-17-8-10-19(24)11-9-17/h5-13,15-16H,14H2,1-4H3/b21-13+,25-23?. The van der Waals surface area contributed by atoms with Crippen molar-refractivity contribution in [1.82, 2.24) is 4.90 Å². The minimum atomic E-state index is -0.267. The van der Waals surface area contributed by atoms with E-state index in [4.69, 9.17) is 4.74 Å². The molecule has 0 aliphatic carbocycles. The number of nitrogens with zero attached hydrogens (tertiary/aromatic N) is 2. The highest BCUT2D eigenvalue weighted by molar-refractivity contribution is 8.18. The molecule has 6 heteroatoms. The molecule has 0 unspecified atom stereocenters. The number of rotatable bonds is 6. The van der Waals surface area contributed by atoms with E-state index in [1.165, 1.54) is 23.9 Å². The molecular formula is C23H25FN2O2S. The van der Waals surface area contributed by atoms with Crippen LogP contribution in [0.15, 0.2) is 58.4 Å². The van der Waals surface area contributed by atoms with Gasteiger partial charge in [-0.25, -0.2) is 4.39 Å². The molecular weight excluding hydrogens is 387 g/mol. The number of amidine groups is 1. The van der Waals surface area contributed by atoms with E-state index in [1.54, 1.807) is 17.0 Å². The molecule has 3 rings (SSSR count). The number of carbonyl (C=O) groups excluding carboxylic acids is 1. The number of ether oxygens (including phenoxy) is 1. The third kappa shape index (κ3) is 5.48. The van der Waals surface area contributed by atoms with Crippen molar-refractivity contribution in [3.8, 4) is 5.75 Å². The third-order valence-electron chi connectivity index (χ3n) is 4.20. The van der Waals surface area contributed by atoms with Crippen molar-refractivity contribution in [3.05, 3.63) is 70.4 Å². The maximum atomic E-state index is 13.0. The number of hydrogen-bond donors (Lipinski definition) is 0. The minimum Gasteiger partial charge on any atom is -0.489 e. The molecule has 4 nitrogen and oxygen atoms in total. The van der Waals surface area contributed by atoms with Gasteiger partial charge in [0.15, 0.2) is 5.17 Å². The van der Waals surface area contributed by atoms with Gasteiger partial charge in [-0.05, 0) is 80.9 Å². The summed E-state index contributed by atoms with van der Waals surface area (Å²) in [5.74, 6) is 0.398. The second-order valence-electron chi connectivity index (χ2n) is 7.37. The second kappa shape index (κ2) is 9.27. The zero-order chi connectivity index (χ0) is 21.0. The zero-order valence-electron chi connectivity index (χ0n) is 17.1. The molecule has 152 valence electrons. The van der Waals surface area contributed by atoms with Crippen LogP contribution >= 0.6 is 11.8 Å². The van der Waals surface area contributed by atoms with E-state index in [2.05, 4.69) is 4.99 Å². The molecule has 0 atom stereocenters. The van der Waals surface area contributed by atoms with Gasteiger partial charge < -0.3 is 4.74 Å². The topological polar surface area (TPSA) is 41.9 Å². The van der Waals surface area contributed by atoms with Crippen molar-refractivity contribution in [3.63, 3.8) is 0 Å². The monoisotopic (exact) mass is 412 g/mol. The van der Waals surface area contributed by atoms with Gasteiger partial charge in [0.1, 0.15) is 18.2 Å². The number of halogens is 1. The quantitative estimate of drug-likeness (QED) is 0.589. The van der Waals surface area contributed by atoms with Gasteiger partial charge in [0.25, 0.3) is 5.91 Å². The smallest absolute Gasteiger partial charge is 0.266 e. The van der Waals surface area contributed by atoms with Crippen LogP contribution in [0.2, 0.25) is 0 Å². The fraction of sp³-hybridized carbons (Fsp3) is 0.304. The Balaban J connectivity index is 1.77. The molecule has 1 aliphatic heterocycles. The van der Waals surface area contributed by atoms with Crippen LogP contribution in [0.25, 0.3) is 6.08 Å². The first-order chi connectivity index (χ1) is 13.8. The number of aliphatic imine (C=N–C) groups is 1. The molecule has 1 saturated heterocycles. The fourth-order valence-corrected chi connectivity index (χ4v) is 4.08. The maximum absolute atomic E-state index is 13.0. The molecule has 0 bridgehead atoms. The third-order valence-corrected chi connectivity index (χ3v) is 5.19. The Hall–Kier alpha value is -2.60. The van der Waals surface area contributed by atoms with Gasteiger partial charge in [-0.15, -0.1) is 0 Å². The van der Waals surface area contributed by atoms with E-state index >= 15 is 0 Å². The van der Waals surface area contributed by atoms with Gasteiger partial charge in [0, 0.05) is 12.1 Å². The van der Waals surface area contributed by atoms with E-state index in [1.807, 2.05) is 58.0 Å². The van der Waals surface area contributed by atoms with E-state index in [9.17, 15) is 9.18 Å². The van der Waals surface area contributed by atoms with Crippen molar-refractivity contribution < 1.29 is 13.9 Å². The summed E-state index contributed by atoms with van der Waals surface area (Å²) in [5, 5.41) is 0.745. The second-order valence-corrected chi connectivity index (χ2v) is 8.38. The Morgan fingerprint density at radius 1 is 1.14 bits per heavy atom. The zero-order valence-corrected chi connectivity index (χ0v) is 17.9. The van der Waals surface area contributed by atoms with Gasteiger partial charge in [-0.1, -0.05) is 24.3 Å². The first kappa shape index (κ1) is 21.1. The lowest BCUT2D eigenvalue weighted by Gasteiger charge is -2.20. The number of amides is 1. The summed E-state index contributed by atoms with van der Waals surface area (Å²) in [7, 11) is 0. The Morgan fingerprint density at radius 2 is 1.86 bits per heavy atom. The molecule has 2 aromatic rings. The van der Waals surface area contributed by atoms with Gasteiger partial charge in [-0.3, -0.25) is 14.7 Å². The predicted octanol–water partition coefficient (Wildman–Crippen LogP) is 5.49. The van der Waals surface area contributed by atoms with Crippen LogP contribution in [-0.4, -0.2) is 28.1 Å². The average molecular weight is 413 g/mol. The van der Waals surface area contributed by atoms with E-state index in [0.717, 1.165) is 16.3 Å². The SMILES string of the molecule is CC(C)N=C1S/C(=C/c2cccc(OCc3ccc(F)cc3)c2)C(=O)N1C(C)C. The molecule has 2 aromatic carbocycles. The molecule has 0 aromatic heterocycles. The van der Waals surface area contributed by atoms with E-state index < -0.39 is 0 Å². The summed E-state index contributed by atoms with van der Waals surface area (Å²) in [4.78, 5) is 19.8. The Bertz CT molecular complexity index is 936. The largest absolute Gasteiger partial charge is 0.489 e. The molecule has 1 aliphatic rings. The Kier molecular flexibility index (Phi) is 6.75. The van der Waals surface area contributed by atoms with Crippen molar-refractivity contribution >= 4 is 28.9 Å². The van der Waals surface area contributed by atoms with Crippen LogP contribution in [0.5, 0.6) is 5.75 Å². The highest BCUT2D eigenvalue weighted by Crippen LogP contribution is 2.34. The molecule has 29 heavy (non-hydrogen) atoms. The highest BCUT2D eigenvalue weighted by atomic mass is 32.2. The first-order valence-corrected chi connectivity index (χ1v) is 10.4. The van der Waals surface area contributed by atoms with E-state index in [-0.39, 0.29) is 23.8 Å². The van der Waals surface area contributed by atoms with Crippen molar-refractivity contribution in [2.45, 2.75) is 46.4 Å². The van der Waals surface area contributed by atoms with Crippen LogP contribution < -0.4 is 4.74 Å². The predicted molar refractivity (Wildman–Crippen MR) is 117 cm³/mol. The average Bonchev–Trinajstić information content (AvgIpc) is 2.96. The Morgan fingerprint density at radius 3 is 2.52 bits per heavy atom. The summed E-state index contributed by atoms with van der Waals surface area (Å²) in [6, 6.07) is 14.0. The van der Waals surface area contributed by atoms with Crippen LogP contribution in [0.1, 0.15) is 38.8 Å². The number of hydrogen-bond acceptors (Lipinski definition) is 4. The summed E-state index contributed by atoms with van der Waals surface area (Å²) in [6.45, 7) is 8.32.